The molecule has 1 unspecified atom stereocenters. The van der Waals surface area contributed by atoms with Crippen molar-refractivity contribution >= 4 is 34.6 Å². The monoisotopic (exact) mass is 448 g/mol. The molecule has 2 aromatic carbocycles. The first kappa shape index (κ1) is 20.4. The molecule has 0 radical (unpaired) electrons. The van der Waals surface area contributed by atoms with Crippen LogP contribution in [0.2, 0.25) is 0 Å². The zero-order valence-corrected chi connectivity index (χ0v) is 18.3. The number of benzene rings is 2. The van der Waals surface area contributed by atoms with Gasteiger partial charge in [-0.25, -0.2) is 9.78 Å². The number of carbonyl (C=O) groups excluding carboxylic acids is 2. The van der Waals surface area contributed by atoms with Crippen molar-refractivity contribution in [2.24, 2.45) is 0 Å². The quantitative estimate of drug-likeness (QED) is 0.405. The van der Waals surface area contributed by atoms with Crippen molar-refractivity contribution in [2.45, 2.75) is 19.4 Å². The number of ether oxygens (including phenoxy) is 1. The molecule has 8 heteroatoms. The van der Waals surface area contributed by atoms with Gasteiger partial charge in [0.15, 0.2) is 17.3 Å². The van der Waals surface area contributed by atoms with Gasteiger partial charge < -0.3 is 13.6 Å². The average Bonchev–Trinajstić information content (AvgIpc) is 3.52. The molecule has 1 atom stereocenters. The van der Waals surface area contributed by atoms with Crippen molar-refractivity contribution in [1.29, 1.82) is 0 Å². The number of furan rings is 1. The normalized spacial score (nSPS) is 15.9. The molecular formula is C24H20N2O5S. The van der Waals surface area contributed by atoms with Crippen LogP contribution in [0.4, 0.5) is 0 Å². The molecular weight excluding hydrogens is 428 g/mol. The Kier molecular flexibility index (Phi) is 5.22. The van der Waals surface area contributed by atoms with Crippen LogP contribution in [-0.4, -0.2) is 39.6 Å². The molecule has 1 saturated heterocycles. The molecule has 1 fully saturated rings. The Morgan fingerprint density at radius 3 is 2.84 bits per heavy atom. The minimum absolute atomic E-state index is 0.216. The molecule has 0 spiro atoms. The summed E-state index contributed by atoms with van der Waals surface area (Å²) in [6.07, 6.45) is 1.53. The van der Waals surface area contributed by atoms with Gasteiger partial charge in [-0.15, -0.1) is 0 Å². The van der Waals surface area contributed by atoms with E-state index >= 15 is 0 Å². The number of fused-ring (bicyclic) bond motifs is 1. The van der Waals surface area contributed by atoms with Crippen LogP contribution in [0.1, 0.15) is 32.3 Å². The van der Waals surface area contributed by atoms with Crippen LogP contribution < -0.4 is 0 Å². The average molecular weight is 449 g/mol. The minimum atomic E-state index is -0.750. The zero-order valence-electron chi connectivity index (χ0n) is 17.5. The van der Waals surface area contributed by atoms with Gasteiger partial charge in [0.2, 0.25) is 5.56 Å². The molecule has 0 saturated carbocycles. The van der Waals surface area contributed by atoms with Crippen LogP contribution in [0.25, 0.3) is 22.3 Å². The highest BCUT2D eigenvalue weighted by atomic mass is 32.2. The summed E-state index contributed by atoms with van der Waals surface area (Å²) >= 11 is 1.40. The van der Waals surface area contributed by atoms with Crippen LogP contribution in [0.15, 0.2) is 63.6 Å². The van der Waals surface area contributed by atoms with Gasteiger partial charge in [-0.1, -0.05) is 41.6 Å². The molecule has 162 valence electrons. The minimum Gasteiger partial charge on any atom is -0.464 e. The molecule has 0 N–H and O–H groups in total. The number of oxazole rings is 1. The van der Waals surface area contributed by atoms with Crippen LogP contribution in [0.5, 0.6) is 0 Å². The third-order valence-corrected chi connectivity index (χ3v) is 6.30. The van der Waals surface area contributed by atoms with Crippen LogP contribution in [0.3, 0.4) is 0 Å². The highest BCUT2D eigenvalue weighted by Crippen LogP contribution is 2.32. The summed E-state index contributed by atoms with van der Waals surface area (Å²) in [6, 6.07) is 14.6. The van der Waals surface area contributed by atoms with Crippen molar-refractivity contribution in [3.8, 4) is 11.3 Å². The third-order valence-electron chi connectivity index (χ3n) is 5.25. The Balaban J connectivity index is 1.41. The van der Waals surface area contributed by atoms with Gasteiger partial charge in [0.25, 0.3) is 5.91 Å². The van der Waals surface area contributed by atoms with E-state index in [2.05, 4.69) is 4.98 Å². The van der Waals surface area contributed by atoms with Crippen molar-refractivity contribution in [3.05, 3.63) is 77.5 Å². The van der Waals surface area contributed by atoms with Crippen LogP contribution in [-0.2, 0) is 4.74 Å². The molecule has 1 aliphatic heterocycles. The highest BCUT2D eigenvalue weighted by molar-refractivity contribution is 8.00. The maximum absolute atomic E-state index is 13.4. The first-order valence-electron chi connectivity index (χ1n) is 10.2. The first-order valence-corrected chi connectivity index (χ1v) is 11.2. The number of hydrogen-bond donors (Lipinski definition) is 0. The molecule has 0 aliphatic carbocycles. The molecule has 1 amide bonds. The lowest BCUT2D eigenvalue weighted by atomic mass is 10.1. The first-order chi connectivity index (χ1) is 15.5. The summed E-state index contributed by atoms with van der Waals surface area (Å²) in [4.78, 5) is 32.2. The van der Waals surface area contributed by atoms with E-state index in [-0.39, 0.29) is 11.6 Å². The number of rotatable bonds is 4. The molecule has 3 heterocycles. The summed E-state index contributed by atoms with van der Waals surface area (Å²) in [5, 5.41) is 0.673. The second kappa shape index (κ2) is 8.20. The predicted octanol–water partition coefficient (Wildman–Crippen LogP) is 5.03. The van der Waals surface area contributed by atoms with E-state index in [0.29, 0.717) is 40.5 Å². The summed E-state index contributed by atoms with van der Waals surface area (Å²) in [5.74, 6) is 0.626. The third kappa shape index (κ3) is 3.67. The second-order valence-electron chi connectivity index (χ2n) is 7.50. The van der Waals surface area contributed by atoms with Gasteiger partial charge in [-0.2, -0.15) is 0 Å². The Labute approximate surface area is 188 Å². The second-order valence-corrected chi connectivity index (χ2v) is 8.64. The largest absolute Gasteiger partial charge is 0.464 e. The fourth-order valence-electron chi connectivity index (χ4n) is 3.76. The van der Waals surface area contributed by atoms with Crippen molar-refractivity contribution in [2.75, 3.05) is 12.3 Å². The maximum Gasteiger partial charge on any atom is 0.341 e. The number of amides is 1. The summed E-state index contributed by atoms with van der Waals surface area (Å²) in [5.41, 5.74) is 2.29. The van der Waals surface area contributed by atoms with E-state index in [9.17, 15) is 9.59 Å². The highest BCUT2D eigenvalue weighted by Gasteiger charge is 2.36. The Morgan fingerprint density at radius 2 is 2.00 bits per heavy atom. The molecule has 0 bridgehead atoms. The molecule has 7 nitrogen and oxygen atoms in total. The van der Waals surface area contributed by atoms with Gasteiger partial charge in [0.1, 0.15) is 5.58 Å². The Hall–Kier alpha value is -3.52. The fourth-order valence-corrected chi connectivity index (χ4v) is 4.80. The lowest BCUT2D eigenvalue weighted by Gasteiger charge is -2.23. The fraction of sp³-hybridized carbons (Fsp3) is 0.208. The van der Waals surface area contributed by atoms with Gasteiger partial charge >= 0.3 is 5.97 Å². The Bertz CT molecular complexity index is 1320. The number of esters is 1. The van der Waals surface area contributed by atoms with Gasteiger partial charge in [0, 0.05) is 30.2 Å². The lowest BCUT2D eigenvalue weighted by molar-refractivity contribution is 0.0144. The van der Waals surface area contributed by atoms with E-state index in [1.807, 2.05) is 31.2 Å². The zero-order chi connectivity index (χ0) is 22.2. The van der Waals surface area contributed by atoms with Crippen molar-refractivity contribution < 1.29 is 23.2 Å². The van der Waals surface area contributed by atoms with Gasteiger partial charge in [0.05, 0.1) is 11.8 Å². The SMILES string of the molecule is Cc1cccc(-c2oc(C)nc2C(=O)N2CCSC2OC(=O)c2cccc3occc23)c1. The predicted molar refractivity (Wildman–Crippen MR) is 120 cm³/mol. The molecule has 32 heavy (non-hydrogen) atoms. The van der Waals surface area contributed by atoms with E-state index in [4.69, 9.17) is 13.6 Å². The van der Waals surface area contributed by atoms with Crippen molar-refractivity contribution in [3.63, 3.8) is 0 Å². The van der Waals surface area contributed by atoms with Crippen molar-refractivity contribution in [1.82, 2.24) is 9.88 Å². The number of thioether (sulfide) groups is 1. The topological polar surface area (TPSA) is 85.8 Å². The number of hydrogen-bond acceptors (Lipinski definition) is 7. The Morgan fingerprint density at radius 1 is 1.16 bits per heavy atom. The number of aryl methyl sites for hydroxylation is 2. The van der Waals surface area contributed by atoms with E-state index in [0.717, 1.165) is 11.1 Å². The molecule has 5 rings (SSSR count). The summed E-state index contributed by atoms with van der Waals surface area (Å²) in [6.45, 7) is 4.12. The number of nitrogens with zero attached hydrogens (tertiary/aromatic N) is 2. The van der Waals surface area contributed by atoms with E-state index in [1.165, 1.54) is 22.9 Å². The van der Waals surface area contributed by atoms with E-state index in [1.54, 1.807) is 31.2 Å². The summed E-state index contributed by atoms with van der Waals surface area (Å²) < 4.78 is 16.9. The standard InChI is InChI=1S/C24H20N2O5S/c1-14-5-3-6-16(13-14)21-20(25-15(2)30-21)22(27)26-10-12-32-24(26)31-23(28)18-7-4-8-19-17(18)9-11-29-19/h3-9,11,13,24H,10,12H2,1-2H3. The molecule has 2 aromatic heterocycles. The number of carbonyl (C=O) groups is 2. The van der Waals surface area contributed by atoms with Gasteiger partial charge in [-0.05, 0) is 31.2 Å². The smallest absolute Gasteiger partial charge is 0.341 e. The van der Waals surface area contributed by atoms with E-state index < -0.39 is 11.5 Å². The maximum atomic E-state index is 13.4. The number of aromatic nitrogens is 1. The lowest BCUT2D eigenvalue weighted by Crippen LogP contribution is -2.38. The summed E-state index contributed by atoms with van der Waals surface area (Å²) in [7, 11) is 0. The van der Waals surface area contributed by atoms with Crippen LogP contribution >= 0.6 is 11.8 Å². The van der Waals surface area contributed by atoms with Gasteiger partial charge in [-0.3, -0.25) is 9.69 Å². The molecule has 1 aliphatic rings. The van der Waals surface area contributed by atoms with Crippen LogP contribution in [0, 0.1) is 13.8 Å². The molecule has 4 aromatic rings.